The summed E-state index contributed by atoms with van der Waals surface area (Å²) in [6, 6.07) is 2.07. The maximum atomic E-state index is 13.1. The first-order valence-electron chi connectivity index (χ1n) is 14.5. The molecular weight excluding hydrogens is 486 g/mol. The van der Waals surface area contributed by atoms with Crippen LogP contribution in [0.25, 0.3) is 0 Å². The number of ether oxygens (including phenoxy) is 1. The Morgan fingerprint density at radius 1 is 1.13 bits per heavy atom. The molecule has 4 atom stereocenters. The number of esters is 1. The fraction of sp³-hybridized carbons (Fsp3) is 0.706. The summed E-state index contributed by atoms with van der Waals surface area (Å²) < 4.78 is 5.31. The van der Waals surface area contributed by atoms with Gasteiger partial charge >= 0.3 is 5.97 Å². The Bertz CT molecular complexity index is 1120. The third-order valence-corrected chi connectivity index (χ3v) is 10.5. The van der Waals surface area contributed by atoms with Crippen LogP contribution in [0.1, 0.15) is 114 Å². The van der Waals surface area contributed by atoms with E-state index in [0.29, 0.717) is 12.0 Å². The van der Waals surface area contributed by atoms with Gasteiger partial charge in [0, 0.05) is 5.41 Å². The van der Waals surface area contributed by atoms with Gasteiger partial charge in [0.2, 0.25) is 0 Å². The molecule has 2 aliphatic carbocycles. The molecule has 0 heterocycles. The Morgan fingerprint density at radius 3 is 2.23 bits per heavy atom. The number of nitriles is 1. The monoisotopic (exact) mass is 537 g/mol. The summed E-state index contributed by atoms with van der Waals surface area (Å²) in [6.45, 7) is 23.1. The van der Waals surface area contributed by atoms with E-state index < -0.39 is 16.2 Å². The van der Waals surface area contributed by atoms with Crippen molar-refractivity contribution in [2.45, 2.75) is 114 Å². The van der Waals surface area contributed by atoms with Crippen LogP contribution in [0.5, 0.6) is 0 Å². The molecule has 0 radical (unpaired) electrons. The lowest BCUT2D eigenvalue weighted by Crippen LogP contribution is -2.51. The van der Waals surface area contributed by atoms with Gasteiger partial charge in [-0.2, -0.15) is 5.26 Å². The molecule has 1 fully saturated rings. The highest BCUT2D eigenvalue weighted by atomic mass is 16.5. The predicted molar refractivity (Wildman–Crippen MR) is 157 cm³/mol. The summed E-state index contributed by atoms with van der Waals surface area (Å²) in [5.41, 5.74) is -0.307. The SMILES string of the molecule is C=C1C(=O)C(C#N)=C[C@]2(C)/C(=C/C(C)=O)[C@](C)(C(C)(C)CC[C@](C)(CCC(C)(C)CCC)C(=O)OC)CC[C@@H]12. The Kier molecular flexibility index (Phi) is 9.70. The standard InChI is InChI=1S/C34H51NO4/c1-12-14-30(4,5)16-18-32(8,29(38)39-11)19-17-31(6,7)34(10)15-13-26-24(3)28(37)25(22-35)21-33(26,9)27(34)20-23(2)36/h20-21,26H,3,12-19H2,1-2,4-11H3/b27-20-/t26-,32-,33-,34+/m0/s1. The van der Waals surface area contributed by atoms with E-state index in [2.05, 4.69) is 54.2 Å². The van der Waals surface area contributed by atoms with Gasteiger partial charge in [-0.25, -0.2) is 0 Å². The van der Waals surface area contributed by atoms with Crippen LogP contribution in [0.3, 0.4) is 0 Å². The zero-order valence-electron chi connectivity index (χ0n) is 26.2. The Hall–Kier alpha value is -2.48. The molecule has 1 saturated carbocycles. The van der Waals surface area contributed by atoms with Crippen molar-refractivity contribution in [2.24, 2.45) is 33.0 Å². The Balaban J connectivity index is 2.51. The van der Waals surface area contributed by atoms with Crippen molar-refractivity contribution >= 4 is 17.5 Å². The highest BCUT2D eigenvalue weighted by Gasteiger charge is 2.57. The van der Waals surface area contributed by atoms with Crippen LogP contribution in [0, 0.1) is 44.3 Å². The lowest BCUT2D eigenvalue weighted by molar-refractivity contribution is -0.153. The van der Waals surface area contributed by atoms with Gasteiger partial charge in [0.1, 0.15) is 6.07 Å². The zero-order chi connectivity index (χ0) is 30.0. The van der Waals surface area contributed by atoms with Crippen LogP contribution < -0.4 is 0 Å². The molecule has 0 aromatic rings. The summed E-state index contributed by atoms with van der Waals surface area (Å²) in [6.07, 6.45) is 10.4. The van der Waals surface area contributed by atoms with Gasteiger partial charge < -0.3 is 4.74 Å². The lowest BCUT2D eigenvalue weighted by Gasteiger charge is -2.58. The molecule has 5 heteroatoms. The number of Topliss-reactive ketones (excluding diaryl/α,β-unsaturated/α-hetero) is 1. The maximum Gasteiger partial charge on any atom is 0.311 e. The second kappa shape index (κ2) is 11.6. The number of allylic oxidation sites excluding steroid dienone is 5. The lowest BCUT2D eigenvalue weighted by atomic mass is 9.45. The number of methoxy groups -OCH3 is 1. The summed E-state index contributed by atoms with van der Waals surface area (Å²) in [5.74, 6) is -0.668. The van der Waals surface area contributed by atoms with Crippen molar-refractivity contribution in [1.29, 1.82) is 5.26 Å². The van der Waals surface area contributed by atoms with Crippen LogP contribution in [0.15, 0.2) is 35.5 Å². The summed E-state index contributed by atoms with van der Waals surface area (Å²) in [4.78, 5) is 38.5. The van der Waals surface area contributed by atoms with E-state index in [4.69, 9.17) is 4.74 Å². The fourth-order valence-electron chi connectivity index (χ4n) is 7.22. The molecule has 2 rings (SSSR count). The number of rotatable bonds is 11. The molecule has 0 aliphatic heterocycles. The van der Waals surface area contributed by atoms with Crippen LogP contribution in [-0.4, -0.2) is 24.6 Å². The molecule has 216 valence electrons. The van der Waals surface area contributed by atoms with E-state index in [1.807, 2.05) is 13.8 Å². The van der Waals surface area contributed by atoms with Crippen LogP contribution >= 0.6 is 0 Å². The molecule has 0 spiro atoms. The minimum absolute atomic E-state index is 0.0547. The van der Waals surface area contributed by atoms with Gasteiger partial charge in [-0.15, -0.1) is 0 Å². The van der Waals surface area contributed by atoms with Gasteiger partial charge in [-0.3, -0.25) is 14.4 Å². The molecule has 0 aromatic heterocycles. The number of hydrogen-bond acceptors (Lipinski definition) is 5. The summed E-state index contributed by atoms with van der Waals surface area (Å²) in [5, 5.41) is 9.72. The van der Waals surface area contributed by atoms with Crippen molar-refractivity contribution in [1.82, 2.24) is 0 Å². The zero-order valence-corrected chi connectivity index (χ0v) is 26.2. The van der Waals surface area contributed by atoms with E-state index >= 15 is 0 Å². The first kappa shape index (κ1) is 32.7. The van der Waals surface area contributed by atoms with E-state index in [0.717, 1.165) is 50.5 Å². The minimum Gasteiger partial charge on any atom is -0.469 e. The first-order chi connectivity index (χ1) is 17.8. The number of carbonyl (C=O) groups excluding carboxylic acids is 3. The molecule has 0 saturated heterocycles. The smallest absolute Gasteiger partial charge is 0.311 e. The van der Waals surface area contributed by atoms with Crippen LogP contribution in [-0.2, 0) is 19.1 Å². The number of carbonyl (C=O) groups is 3. The van der Waals surface area contributed by atoms with Gasteiger partial charge in [0.25, 0.3) is 0 Å². The van der Waals surface area contributed by atoms with Crippen molar-refractivity contribution in [2.75, 3.05) is 7.11 Å². The molecule has 0 amide bonds. The fourth-order valence-corrected chi connectivity index (χ4v) is 7.22. The van der Waals surface area contributed by atoms with Crippen LogP contribution in [0.2, 0.25) is 0 Å². The normalized spacial score (nSPS) is 28.3. The van der Waals surface area contributed by atoms with Crippen molar-refractivity contribution in [3.8, 4) is 6.07 Å². The predicted octanol–water partition coefficient (Wildman–Crippen LogP) is 8.11. The van der Waals surface area contributed by atoms with E-state index in [9.17, 15) is 19.6 Å². The highest BCUT2D eigenvalue weighted by Crippen LogP contribution is 2.65. The summed E-state index contributed by atoms with van der Waals surface area (Å²) >= 11 is 0. The number of ketones is 2. The van der Waals surface area contributed by atoms with Crippen molar-refractivity contribution in [3.05, 3.63) is 35.5 Å². The van der Waals surface area contributed by atoms with Crippen molar-refractivity contribution < 1.29 is 19.1 Å². The quantitative estimate of drug-likeness (QED) is 0.196. The average molecular weight is 538 g/mol. The second-order valence-electron chi connectivity index (χ2n) is 14.2. The second-order valence-corrected chi connectivity index (χ2v) is 14.2. The number of fused-ring (bicyclic) bond motifs is 1. The van der Waals surface area contributed by atoms with Gasteiger partial charge in [-0.05, 0) is 98.2 Å². The minimum atomic E-state index is -0.665. The molecular formula is C34H51NO4. The van der Waals surface area contributed by atoms with E-state index in [1.165, 1.54) is 7.11 Å². The van der Waals surface area contributed by atoms with Gasteiger partial charge in [-0.1, -0.05) is 67.5 Å². The first-order valence-corrected chi connectivity index (χ1v) is 14.5. The van der Waals surface area contributed by atoms with E-state index in [-0.39, 0.29) is 39.9 Å². The topological polar surface area (TPSA) is 84.2 Å². The molecule has 0 unspecified atom stereocenters. The largest absolute Gasteiger partial charge is 0.469 e. The number of hydrogen-bond donors (Lipinski definition) is 0. The molecule has 39 heavy (non-hydrogen) atoms. The molecule has 2 aliphatic rings. The van der Waals surface area contributed by atoms with Crippen LogP contribution in [0.4, 0.5) is 0 Å². The highest BCUT2D eigenvalue weighted by molar-refractivity contribution is 6.12. The molecule has 5 nitrogen and oxygen atoms in total. The molecule has 0 aromatic carbocycles. The Labute approximate surface area is 237 Å². The van der Waals surface area contributed by atoms with Crippen molar-refractivity contribution in [3.63, 3.8) is 0 Å². The third-order valence-electron chi connectivity index (χ3n) is 10.5. The Morgan fingerprint density at radius 2 is 1.72 bits per heavy atom. The van der Waals surface area contributed by atoms with Gasteiger partial charge in [0.15, 0.2) is 11.6 Å². The van der Waals surface area contributed by atoms with Gasteiger partial charge in [0.05, 0.1) is 18.1 Å². The van der Waals surface area contributed by atoms with E-state index in [1.54, 1.807) is 19.1 Å². The molecule has 0 N–H and O–H groups in total. The maximum absolute atomic E-state index is 13.1. The summed E-state index contributed by atoms with van der Waals surface area (Å²) in [7, 11) is 1.47. The third kappa shape index (κ3) is 6.31. The average Bonchev–Trinajstić information content (AvgIpc) is 2.85. The molecule has 0 bridgehead atoms. The number of nitrogens with zero attached hydrogens (tertiary/aromatic N) is 1.